The van der Waals surface area contributed by atoms with Crippen molar-refractivity contribution in [3.05, 3.63) is 64.2 Å². The molecule has 2 aromatic rings. The first-order valence-corrected chi connectivity index (χ1v) is 5.85. The zero-order chi connectivity index (χ0) is 13.1. The van der Waals surface area contributed by atoms with E-state index in [4.69, 9.17) is 11.6 Å². The van der Waals surface area contributed by atoms with Crippen molar-refractivity contribution in [2.24, 2.45) is 0 Å². The van der Waals surface area contributed by atoms with Gasteiger partial charge in [-0.2, -0.15) is 0 Å². The fourth-order valence-electron chi connectivity index (χ4n) is 1.73. The summed E-state index contributed by atoms with van der Waals surface area (Å²) < 4.78 is 13.3. The first-order chi connectivity index (χ1) is 8.59. The number of hydrogen-bond donors (Lipinski definition) is 0. The smallest absolute Gasteiger partial charge is 0.169 e. The van der Waals surface area contributed by atoms with Crippen molar-refractivity contribution in [2.45, 2.75) is 13.3 Å². The third-order valence-electron chi connectivity index (χ3n) is 2.69. The molecule has 0 saturated carbocycles. The summed E-state index contributed by atoms with van der Waals surface area (Å²) in [5.74, 6) is -0.627. The second-order valence-electron chi connectivity index (χ2n) is 3.95. The number of benzene rings is 1. The number of aryl methyl sites for hydroxylation is 1. The Hall–Kier alpha value is -1.74. The molecule has 1 aromatic carbocycles. The number of Topliss-reactive ketones (excluding diaryl/α,β-unsaturated/α-hetero) is 1. The zero-order valence-electron chi connectivity index (χ0n) is 9.78. The standard InChI is InChI=1S/C14H11ClFNO/c1-9-11(5-3-7-17-9)13(18)8-10-4-2-6-12(16)14(10)15/h2-7H,8H2,1H3. The van der Waals surface area contributed by atoms with Crippen molar-refractivity contribution in [1.82, 2.24) is 4.98 Å². The Bertz CT molecular complexity index is 598. The minimum atomic E-state index is -0.509. The molecule has 0 aliphatic heterocycles. The lowest BCUT2D eigenvalue weighted by atomic mass is 10.0. The number of hydrogen-bond acceptors (Lipinski definition) is 2. The molecule has 1 aromatic heterocycles. The molecule has 2 rings (SSSR count). The van der Waals surface area contributed by atoms with Gasteiger partial charge in [0.15, 0.2) is 5.78 Å². The number of pyridine rings is 1. The van der Waals surface area contributed by atoms with Gasteiger partial charge in [-0.15, -0.1) is 0 Å². The molecule has 1 heterocycles. The van der Waals surface area contributed by atoms with Crippen LogP contribution in [-0.2, 0) is 6.42 Å². The van der Waals surface area contributed by atoms with E-state index in [2.05, 4.69) is 4.98 Å². The van der Waals surface area contributed by atoms with Crippen LogP contribution < -0.4 is 0 Å². The number of ketones is 1. The molecule has 0 fully saturated rings. The molecule has 0 N–H and O–H groups in total. The van der Waals surface area contributed by atoms with Crippen LogP contribution in [-0.4, -0.2) is 10.8 Å². The summed E-state index contributed by atoms with van der Waals surface area (Å²) in [7, 11) is 0. The van der Waals surface area contributed by atoms with Gasteiger partial charge in [0.1, 0.15) is 5.82 Å². The summed E-state index contributed by atoms with van der Waals surface area (Å²) in [5.41, 5.74) is 1.69. The molecule has 0 radical (unpaired) electrons. The maximum atomic E-state index is 13.3. The maximum absolute atomic E-state index is 13.3. The van der Waals surface area contributed by atoms with E-state index in [1.165, 1.54) is 6.07 Å². The zero-order valence-corrected chi connectivity index (χ0v) is 10.5. The van der Waals surface area contributed by atoms with Crippen LogP contribution in [0, 0.1) is 12.7 Å². The highest BCUT2D eigenvalue weighted by Gasteiger charge is 2.13. The molecule has 0 spiro atoms. The van der Waals surface area contributed by atoms with Gasteiger partial charge in [0.05, 0.1) is 5.02 Å². The third kappa shape index (κ3) is 2.57. The summed E-state index contributed by atoms with van der Waals surface area (Å²) in [4.78, 5) is 16.1. The van der Waals surface area contributed by atoms with E-state index in [0.717, 1.165) is 0 Å². The molecule has 92 valence electrons. The van der Waals surface area contributed by atoms with Crippen LogP contribution in [0.1, 0.15) is 21.6 Å². The molecule has 0 aliphatic carbocycles. The highest BCUT2D eigenvalue weighted by molar-refractivity contribution is 6.31. The lowest BCUT2D eigenvalue weighted by Gasteiger charge is -2.06. The number of halogens is 2. The van der Waals surface area contributed by atoms with E-state index in [0.29, 0.717) is 16.8 Å². The Labute approximate surface area is 109 Å². The maximum Gasteiger partial charge on any atom is 0.169 e. The molecule has 0 amide bonds. The van der Waals surface area contributed by atoms with Crippen molar-refractivity contribution >= 4 is 17.4 Å². The van der Waals surface area contributed by atoms with Gasteiger partial charge < -0.3 is 0 Å². The molecule has 0 bridgehead atoms. The SMILES string of the molecule is Cc1ncccc1C(=O)Cc1cccc(F)c1Cl. The van der Waals surface area contributed by atoms with Crippen molar-refractivity contribution in [1.29, 1.82) is 0 Å². The van der Waals surface area contributed by atoms with E-state index in [9.17, 15) is 9.18 Å². The van der Waals surface area contributed by atoms with E-state index in [-0.39, 0.29) is 17.2 Å². The summed E-state index contributed by atoms with van der Waals surface area (Å²) in [6.07, 6.45) is 1.70. The van der Waals surface area contributed by atoms with Gasteiger partial charge in [-0.1, -0.05) is 23.7 Å². The van der Waals surface area contributed by atoms with E-state index >= 15 is 0 Å². The predicted molar refractivity (Wildman–Crippen MR) is 68.4 cm³/mol. The Kier molecular flexibility index (Phi) is 3.72. The van der Waals surface area contributed by atoms with Crippen molar-refractivity contribution in [2.75, 3.05) is 0 Å². The molecule has 0 saturated heterocycles. The third-order valence-corrected chi connectivity index (χ3v) is 3.11. The van der Waals surface area contributed by atoms with Gasteiger partial charge in [0.2, 0.25) is 0 Å². The van der Waals surface area contributed by atoms with E-state index < -0.39 is 5.82 Å². The van der Waals surface area contributed by atoms with Crippen LogP contribution in [0.15, 0.2) is 36.5 Å². The van der Waals surface area contributed by atoms with Gasteiger partial charge in [0, 0.05) is 23.9 Å². The average molecular weight is 264 g/mol. The fraction of sp³-hybridized carbons (Fsp3) is 0.143. The number of aromatic nitrogens is 1. The van der Waals surface area contributed by atoms with Gasteiger partial charge in [-0.05, 0) is 30.7 Å². The minimum Gasteiger partial charge on any atom is -0.294 e. The van der Waals surface area contributed by atoms with Gasteiger partial charge in [-0.25, -0.2) is 4.39 Å². The molecule has 2 nitrogen and oxygen atoms in total. The summed E-state index contributed by atoms with van der Waals surface area (Å²) in [5, 5.41) is 0.00685. The van der Waals surface area contributed by atoms with Crippen LogP contribution in [0.5, 0.6) is 0 Å². The molecule has 4 heteroatoms. The lowest BCUT2D eigenvalue weighted by Crippen LogP contribution is -2.07. The second kappa shape index (κ2) is 5.27. The second-order valence-corrected chi connectivity index (χ2v) is 4.33. The quantitative estimate of drug-likeness (QED) is 0.792. The summed E-state index contributed by atoms with van der Waals surface area (Å²) in [6, 6.07) is 7.87. The van der Waals surface area contributed by atoms with Gasteiger partial charge >= 0.3 is 0 Å². The molecule has 18 heavy (non-hydrogen) atoms. The van der Waals surface area contributed by atoms with Crippen LogP contribution >= 0.6 is 11.6 Å². The monoisotopic (exact) mass is 263 g/mol. The van der Waals surface area contributed by atoms with Crippen molar-refractivity contribution in [3.8, 4) is 0 Å². The number of nitrogens with zero attached hydrogens (tertiary/aromatic N) is 1. The van der Waals surface area contributed by atoms with Crippen LogP contribution in [0.4, 0.5) is 4.39 Å². The highest BCUT2D eigenvalue weighted by Crippen LogP contribution is 2.21. The highest BCUT2D eigenvalue weighted by atomic mass is 35.5. The van der Waals surface area contributed by atoms with Crippen LogP contribution in [0.3, 0.4) is 0 Å². The minimum absolute atomic E-state index is 0.00685. The van der Waals surface area contributed by atoms with Crippen LogP contribution in [0.25, 0.3) is 0 Å². The normalized spacial score (nSPS) is 10.4. The molecule has 0 aliphatic rings. The first kappa shape index (κ1) is 12.7. The number of carbonyl (C=O) groups excluding carboxylic acids is 1. The van der Waals surface area contributed by atoms with Gasteiger partial charge in [-0.3, -0.25) is 9.78 Å². The fourth-order valence-corrected chi connectivity index (χ4v) is 1.92. The molecule has 0 unspecified atom stereocenters. The summed E-state index contributed by atoms with van der Waals surface area (Å²) in [6.45, 7) is 1.76. The topological polar surface area (TPSA) is 30.0 Å². The van der Waals surface area contributed by atoms with Crippen molar-refractivity contribution < 1.29 is 9.18 Å². The van der Waals surface area contributed by atoms with E-state index in [1.807, 2.05) is 0 Å². The van der Waals surface area contributed by atoms with Gasteiger partial charge in [0.25, 0.3) is 0 Å². The van der Waals surface area contributed by atoms with E-state index in [1.54, 1.807) is 37.4 Å². The largest absolute Gasteiger partial charge is 0.294 e. The molecule has 0 atom stereocenters. The Morgan fingerprint density at radius 1 is 1.33 bits per heavy atom. The Morgan fingerprint density at radius 3 is 2.83 bits per heavy atom. The lowest BCUT2D eigenvalue weighted by molar-refractivity contribution is 0.0992. The summed E-state index contributed by atoms with van der Waals surface area (Å²) >= 11 is 5.82. The number of carbonyl (C=O) groups is 1. The van der Waals surface area contributed by atoms with Crippen LogP contribution in [0.2, 0.25) is 5.02 Å². The van der Waals surface area contributed by atoms with Crippen molar-refractivity contribution in [3.63, 3.8) is 0 Å². The predicted octanol–water partition coefficient (Wildman–Crippen LogP) is 3.61. The Balaban J connectivity index is 2.27. The molecular formula is C14H11ClFNO. The molecular weight excluding hydrogens is 253 g/mol. The number of rotatable bonds is 3. The average Bonchev–Trinajstić information content (AvgIpc) is 2.35. The Morgan fingerprint density at radius 2 is 2.11 bits per heavy atom. The first-order valence-electron chi connectivity index (χ1n) is 5.47.